The molecule has 0 bridgehead atoms. The van der Waals surface area contributed by atoms with Crippen LogP contribution in [0.25, 0.3) is 0 Å². The van der Waals surface area contributed by atoms with Gasteiger partial charge in [0.2, 0.25) is 5.91 Å². The number of ether oxygens (including phenoxy) is 2. The number of rotatable bonds is 5. The van der Waals surface area contributed by atoms with E-state index >= 15 is 0 Å². The predicted octanol–water partition coefficient (Wildman–Crippen LogP) is 1.68. The van der Waals surface area contributed by atoms with Crippen molar-refractivity contribution < 1.29 is 24.2 Å². The Morgan fingerprint density at radius 1 is 1.36 bits per heavy atom. The first-order valence-electron chi connectivity index (χ1n) is 7.51. The number of carbonyl (C=O) groups is 2. The monoisotopic (exact) mass is 305 g/mol. The second-order valence-electron chi connectivity index (χ2n) is 5.68. The zero-order chi connectivity index (χ0) is 15.5. The summed E-state index contributed by atoms with van der Waals surface area (Å²) in [6.45, 7) is 1.56. The lowest BCUT2D eigenvalue weighted by Crippen LogP contribution is -2.25. The fourth-order valence-electron chi connectivity index (χ4n) is 2.81. The van der Waals surface area contributed by atoms with E-state index in [4.69, 9.17) is 14.6 Å². The molecule has 2 aliphatic rings. The summed E-state index contributed by atoms with van der Waals surface area (Å²) in [6.07, 6.45) is 2.33. The van der Waals surface area contributed by atoms with Crippen LogP contribution in [0.2, 0.25) is 0 Å². The fourth-order valence-corrected chi connectivity index (χ4v) is 2.81. The van der Waals surface area contributed by atoms with E-state index in [0.29, 0.717) is 12.3 Å². The molecule has 118 valence electrons. The molecule has 1 aromatic carbocycles. The molecule has 2 heterocycles. The van der Waals surface area contributed by atoms with Crippen molar-refractivity contribution in [3.05, 3.63) is 24.3 Å². The average molecular weight is 305 g/mol. The van der Waals surface area contributed by atoms with Gasteiger partial charge >= 0.3 is 5.97 Å². The van der Waals surface area contributed by atoms with Gasteiger partial charge in [0.25, 0.3) is 0 Å². The molecule has 0 aromatic heterocycles. The minimum Gasteiger partial charge on any atom is -0.491 e. The number of anilines is 1. The maximum Gasteiger partial charge on any atom is 0.308 e. The van der Waals surface area contributed by atoms with E-state index in [2.05, 4.69) is 0 Å². The van der Waals surface area contributed by atoms with Crippen LogP contribution >= 0.6 is 0 Å². The first-order valence-corrected chi connectivity index (χ1v) is 7.51. The van der Waals surface area contributed by atoms with Crippen LogP contribution in [0, 0.1) is 5.92 Å². The number of nitrogens with zero attached hydrogens (tertiary/aromatic N) is 1. The van der Waals surface area contributed by atoms with E-state index in [1.165, 1.54) is 4.90 Å². The van der Waals surface area contributed by atoms with Gasteiger partial charge in [0, 0.05) is 25.3 Å². The van der Waals surface area contributed by atoms with E-state index in [0.717, 1.165) is 25.2 Å². The summed E-state index contributed by atoms with van der Waals surface area (Å²) in [5, 5.41) is 9.00. The second-order valence-corrected chi connectivity index (χ2v) is 5.68. The molecule has 0 aliphatic carbocycles. The minimum absolute atomic E-state index is 0.0621. The van der Waals surface area contributed by atoms with Crippen LogP contribution in [0.1, 0.15) is 19.3 Å². The molecule has 1 aromatic rings. The Hall–Kier alpha value is -2.08. The first-order chi connectivity index (χ1) is 10.6. The molecule has 1 amide bonds. The van der Waals surface area contributed by atoms with Crippen LogP contribution in [0.15, 0.2) is 24.3 Å². The smallest absolute Gasteiger partial charge is 0.308 e. The molecule has 0 radical (unpaired) electrons. The number of carboxylic acids is 1. The summed E-state index contributed by atoms with van der Waals surface area (Å²) in [5.74, 6) is -0.976. The van der Waals surface area contributed by atoms with Crippen molar-refractivity contribution in [2.75, 3.05) is 24.7 Å². The molecule has 2 fully saturated rings. The number of benzene rings is 1. The lowest BCUT2D eigenvalue weighted by Gasteiger charge is -2.17. The van der Waals surface area contributed by atoms with Crippen molar-refractivity contribution in [3.8, 4) is 5.75 Å². The van der Waals surface area contributed by atoms with Gasteiger partial charge in [0.15, 0.2) is 0 Å². The van der Waals surface area contributed by atoms with Crippen molar-refractivity contribution in [1.82, 2.24) is 0 Å². The molecule has 6 heteroatoms. The molecule has 2 atom stereocenters. The lowest BCUT2D eigenvalue weighted by atomic mass is 10.1. The first kappa shape index (κ1) is 14.8. The van der Waals surface area contributed by atoms with E-state index in [-0.39, 0.29) is 25.0 Å². The topological polar surface area (TPSA) is 76.1 Å². The molecule has 2 saturated heterocycles. The Kier molecular flexibility index (Phi) is 4.29. The molecule has 0 spiro atoms. The summed E-state index contributed by atoms with van der Waals surface area (Å²) < 4.78 is 11.2. The largest absolute Gasteiger partial charge is 0.491 e. The van der Waals surface area contributed by atoms with Crippen molar-refractivity contribution in [2.45, 2.75) is 25.4 Å². The zero-order valence-corrected chi connectivity index (χ0v) is 12.2. The summed E-state index contributed by atoms with van der Waals surface area (Å²) in [6, 6.07) is 7.16. The Morgan fingerprint density at radius 2 is 2.14 bits per heavy atom. The summed E-state index contributed by atoms with van der Waals surface area (Å²) >= 11 is 0. The molecular formula is C16H19NO5. The average Bonchev–Trinajstić information content (AvgIpc) is 3.15. The van der Waals surface area contributed by atoms with Gasteiger partial charge < -0.3 is 19.5 Å². The van der Waals surface area contributed by atoms with Crippen LogP contribution < -0.4 is 9.64 Å². The van der Waals surface area contributed by atoms with Gasteiger partial charge in [-0.2, -0.15) is 0 Å². The lowest BCUT2D eigenvalue weighted by molar-refractivity contribution is -0.141. The highest BCUT2D eigenvalue weighted by Crippen LogP contribution is 2.27. The Morgan fingerprint density at radius 3 is 2.73 bits per heavy atom. The maximum absolute atomic E-state index is 11.9. The highest BCUT2D eigenvalue weighted by molar-refractivity contribution is 5.99. The predicted molar refractivity (Wildman–Crippen MR) is 79.0 cm³/mol. The normalized spacial score (nSPS) is 24.7. The number of amides is 1. The van der Waals surface area contributed by atoms with Crippen LogP contribution in [0.3, 0.4) is 0 Å². The summed E-state index contributed by atoms with van der Waals surface area (Å²) in [4.78, 5) is 24.4. The van der Waals surface area contributed by atoms with Crippen molar-refractivity contribution >= 4 is 17.6 Å². The number of carboxylic acid groups (broad SMARTS) is 1. The van der Waals surface area contributed by atoms with Gasteiger partial charge in [-0.25, -0.2) is 0 Å². The molecule has 0 saturated carbocycles. The standard InChI is InChI=1S/C16H19NO5/c18-15-8-11(16(19)20)9-17(15)12-3-5-13(6-4-12)22-10-14-2-1-7-21-14/h3-6,11,14H,1-2,7-10H2,(H,19,20). The Balaban J connectivity index is 1.59. The fraction of sp³-hybridized carbons (Fsp3) is 0.500. The van der Waals surface area contributed by atoms with Gasteiger partial charge in [-0.15, -0.1) is 0 Å². The van der Waals surface area contributed by atoms with Crippen LogP contribution in [-0.2, 0) is 14.3 Å². The number of hydrogen-bond acceptors (Lipinski definition) is 4. The third kappa shape index (κ3) is 3.22. The molecule has 22 heavy (non-hydrogen) atoms. The SMILES string of the molecule is O=C(O)C1CC(=O)N(c2ccc(OCC3CCCO3)cc2)C1. The van der Waals surface area contributed by atoms with Gasteiger partial charge in [-0.1, -0.05) is 0 Å². The van der Waals surface area contributed by atoms with E-state index in [9.17, 15) is 9.59 Å². The van der Waals surface area contributed by atoms with Crippen molar-refractivity contribution in [1.29, 1.82) is 0 Å². The quantitative estimate of drug-likeness (QED) is 0.895. The molecule has 2 aliphatic heterocycles. The van der Waals surface area contributed by atoms with Crippen molar-refractivity contribution in [2.24, 2.45) is 5.92 Å². The van der Waals surface area contributed by atoms with E-state index in [1.807, 2.05) is 0 Å². The third-order valence-corrected chi connectivity index (χ3v) is 4.08. The summed E-state index contributed by atoms with van der Waals surface area (Å²) in [7, 11) is 0. The second kappa shape index (κ2) is 6.36. The number of aliphatic carboxylic acids is 1. The van der Waals surface area contributed by atoms with Gasteiger partial charge in [0.1, 0.15) is 12.4 Å². The van der Waals surface area contributed by atoms with Crippen LogP contribution in [0.5, 0.6) is 5.75 Å². The molecule has 2 unspecified atom stereocenters. The highest BCUT2D eigenvalue weighted by Gasteiger charge is 2.34. The van der Waals surface area contributed by atoms with E-state index < -0.39 is 11.9 Å². The van der Waals surface area contributed by atoms with E-state index in [1.54, 1.807) is 24.3 Å². The Labute approximate surface area is 128 Å². The third-order valence-electron chi connectivity index (χ3n) is 4.08. The van der Waals surface area contributed by atoms with Gasteiger partial charge in [-0.05, 0) is 37.1 Å². The number of hydrogen-bond donors (Lipinski definition) is 1. The van der Waals surface area contributed by atoms with Crippen LogP contribution in [0.4, 0.5) is 5.69 Å². The Bertz CT molecular complexity index is 550. The van der Waals surface area contributed by atoms with Crippen LogP contribution in [-0.4, -0.2) is 42.8 Å². The number of carbonyl (C=O) groups excluding carboxylic acids is 1. The summed E-state index contributed by atoms with van der Waals surface area (Å²) in [5.41, 5.74) is 0.707. The molecule has 1 N–H and O–H groups in total. The molecule has 6 nitrogen and oxygen atoms in total. The van der Waals surface area contributed by atoms with Gasteiger partial charge in [-0.3, -0.25) is 9.59 Å². The maximum atomic E-state index is 11.9. The highest BCUT2D eigenvalue weighted by atomic mass is 16.5. The van der Waals surface area contributed by atoms with Gasteiger partial charge in [0.05, 0.1) is 12.0 Å². The van der Waals surface area contributed by atoms with Crippen molar-refractivity contribution in [3.63, 3.8) is 0 Å². The zero-order valence-electron chi connectivity index (χ0n) is 12.2. The minimum atomic E-state index is -0.924. The molecule has 3 rings (SSSR count). The molecular weight excluding hydrogens is 286 g/mol.